The lowest BCUT2D eigenvalue weighted by Crippen LogP contribution is -2.48. The molecule has 0 aliphatic carbocycles. The normalized spacial score (nSPS) is 12.4. The first-order valence-corrected chi connectivity index (χ1v) is 4.25. The number of rotatable bonds is 5. The van der Waals surface area contributed by atoms with Crippen molar-refractivity contribution in [2.24, 2.45) is 0 Å². The highest BCUT2D eigenvalue weighted by atomic mass is 16.5. The minimum absolute atomic E-state index is 0.640. The summed E-state index contributed by atoms with van der Waals surface area (Å²) in [5, 5.41) is 9.73. The second kappa shape index (κ2) is 4.12. The Morgan fingerprint density at radius 2 is 1.85 bits per heavy atom. The Balaban J connectivity index is 4.19. The fraction of sp³-hybridized carbons (Fsp3) is 0.600. The van der Waals surface area contributed by atoms with E-state index in [0.29, 0.717) is 5.47 Å². The molecule has 0 unspecified atom stereocenters. The summed E-state index contributed by atoms with van der Waals surface area (Å²) < 4.78 is 5.40. The highest BCUT2D eigenvalue weighted by Gasteiger charge is 2.35. The van der Waals surface area contributed by atoms with E-state index in [1.807, 2.05) is 13.8 Å². The summed E-state index contributed by atoms with van der Waals surface area (Å²) in [6, 6.07) is 0. The van der Waals surface area contributed by atoms with E-state index in [1.54, 1.807) is 19.9 Å². The quantitative estimate of drug-likeness (QED) is 0.518. The van der Waals surface area contributed by atoms with Crippen molar-refractivity contribution in [1.82, 2.24) is 0 Å². The second-order valence-electron chi connectivity index (χ2n) is 4.08. The van der Waals surface area contributed by atoms with Gasteiger partial charge in [0.25, 0.3) is 0 Å². The molecule has 0 amide bonds. The molecule has 1 N–H and O–H groups in total. The molecule has 0 aliphatic heterocycles. The zero-order valence-electron chi connectivity index (χ0n) is 8.92. The summed E-state index contributed by atoms with van der Waals surface area (Å²) in [5.74, 6) is 0. The fourth-order valence-electron chi connectivity index (χ4n) is 0.415. The van der Waals surface area contributed by atoms with Gasteiger partial charge in [-0.05, 0) is 27.7 Å². The van der Waals surface area contributed by atoms with Gasteiger partial charge < -0.3 is 9.76 Å². The number of aliphatic hydroxyl groups is 1. The Kier molecular flexibility index (Phi) is 3.95. The summed E-state index contributed by atoms with van der Waals surface area (Å²) in [7, 11) is 1.50. The van der Waals surface area contributed by atoms with Crippen LogP contribution in [0.3, 0.4) is 0 Å². The van der Waals surface area contributed by atoms with Crippen LogP contribution in [-0.2, 0) is 4.65 Å². The summed E-state index contributed by atoms with van der Waals surface area (Å²) in [4.78, 5) is 0. The number of hydrogen-bond donors (Lipinski definition) is 1. The van der Waals surface area contributed by atoms with Crippen LogP contribution < -0.4 is 0 Å². The van der Waals surface area contributed by atoms with Crippen LogP contribution in [0, 0.1) is 0 Å². The zero-order chi connectivity index (χ0) is 10.7. The van der Waals surface area contributed by atoms with Gasteiger partial charge in [0.2, 0.25) is 0 Å². The van der Waals surface area contributed by atoms with Crippen LogP contribution in [0.5, 0.6) is 0 Å². The molecule has 0 aliphatic rings. The highest BCUT2D eigenvalue weighted by Crippen LogP contribution is 2.24. The molecule has 0 saturated carbocycles. The van der Waals surface area contributed by atoms with Crippen molar-refractivity contribution in [3.05, 3.63) is 24.7 Å². The van der Waals surface area contributed by atoms with Gasteiger partial charge in [-0.15, -0.1) is 6.58 Å². The molecule has 0 bridgehead atoms. The summed E-state index contributed by atoms with van der Waals surface area (Å²) in [5.41, 5.74) is -0.846. The van der Waals surface area contributed by atoms with Gasteiger partial charge in [-0.2, -0.15) is 0 Å². The first-order valence-electron chi connectivity index (χ1n) is 4.25. The lowest BCUT2D eigenvalue weighted by atomic mass is 9.83. The predicted octanol–water partition coefficient (Wildman–Crippen LogP) is 1.87. The molecular weight excluding hydrogens is 163 g/mol. The Hall–Kier alpha value is -0.535. The van der Waals surface area contributed by atoms with Gasteiger partial charge in [0.15, 0.2) is 0 Å². The van der Waals surface area contributed by atoms with Crippen LogP contribution in [0.2, 0.25) is 0 Å². The number of allylic oxidation sites excluding steroid dienone is 2. The average molecular weight is 181 g/mol. The molecule has 0 saturated heterocycles. The first kappa shape index (κ1) is 12.5. The summed E-state index contributed by atoms with van der Waals surface area (Å²) in [6.45, 7) is 14.3. The van der Waals surface area contributed by atoms with E-state index >= 15 is 0 Å². The average Bonchev–Trinajstić information content (AvgIpc) is 1.98. The summed E-state index contributed by atoms with van der Waals surface area (Å²) >= 11 is 0. The monoisotopic (exact) mass is 181 g/mol. The SMILES string of the molecule is C=CC(=C)[B]OC(C)(C)C(C)(C)O. The van der Waals surface area contributed by atoms with Gasteiger partial charge in [0.1, 0.15) is 0 Å². The third-order valence-corrected chi connectivity index (χ3v) is 2.24. The molecule has 73 valence electrons. The van der Waals surface area contributed by atoms with Crippen LogP contribution in [0.15, 0.2) is 24.7 Å². The molecule has 0 heterocycles. The molecule has 0 rings (SSSR count). The molecular formula is C10H18BO2. The maximum Gasteiger partial charge on any atom is 0.330 e. The van der Waals surface area contributed by atoms with Crippen LogP contribution >= 0.6 is 0 Å². The molecule has 0 atom stereocenters. The Bertz CT molecular complexity index is 201. The smallest absolute Gasteiger partial charge is 0.330 e. The topological polar surface area (TPSA) is 29.5 Å². The largest absolute Gasteiger partial charge is 0.427 e. The summed E-state index contributed by atoms with van der Waals surface area (Å²) in [6.07, 6.45) is 1.60. The fourth-order valence-corrected chi connectivity index (χ4v) is 0.415. The van der Waals surface area contributed by atoms with Crippen molar-refractivity contribution in [2.45, 2.75) is 38.9 Å². The van der Waals surface area contributed by atoms with Crippen molar-refractivity contribution >= 4 is 7.48 Å². The maximum absolute atomic E-state index is 9.73. The first-order chi connectivity index (χ1) is 5.70. The number of hydrogen-bond acceptors (Lipinski definition) is 2. The zero-order valence-corrected chi connectivity index (χ0v) is 8.92. The van der Waals surface area contributed by atoms with Crippen LogP contribution in [0.4, 0.5) is 0 Å². The van der Waals surface area contributed by atoms with E-state index < -0.39 is 11.2 Å². The third-order valence-electron chi connectivity index (χ3n) is 2.24. The van der Waals surface area contributed by atoms with Crippen molar-refractivity contribution in [3.8, 4) is 0 Å². The van der Waals surface area contributed by atoms with Crippen molar-refractivity contribution in [1.29, 1.82) is 0 Å². The van der Waals surface area contributed by atoms with Crippen LogP contribution in [-0.4, -0.2) is 23.8 Å². The van der Waals surface area contributed by atoms with Crippen molar-refractivity contribution in [3.63, 3.8) is 0 Å². The van der Waals surface area contributed by atoms with Gasteiger partial charge in [0, 0.05) is 0 Å². The standard InChI is InChI=1S/C10H18BO2/c1-7-8(2)11-13-10(5,6)9(3,4)12/h7,12H,1-2H2,3-6H3. The molecule has 0 spiro atoms. The van der Waals surface area contributed by atoms with E-state index in [0.717, 1.165) is 0 Å². The molecule has 1 radical (unpaired) electrons. The lowest BCUT2D eigenvalue weighted by molar-refractivity contribution is -0.0896. The Labute approximate surface area is 81.6 Å². The van der Waals surface area contributed by atoms with E-state index in [2.05, 4.69) is 13.2 Å². The molecule has 3 heteroatoms. The van der Waals surface area contributed by atoms with Crippen LogP contribution in [0.1, 0.15) is 27.7 Å². The molecule has 0 aromatic heterocycles. The molecule has 2 nitrogen and oxygen atoms in total. The third kappa shape index (κ3) is 3.79. The van der Waals surface area contributed by atoms with Crippen LogP contribution in [0.25, 0.3) is 0 Å². The molecule has 0 fully saturated rings. The Morgan fingerprint density at radius 3 is 2.15 bits per heavy atom. The Morgan fingerprint density at radius 1 is 1.38 bits per heavy atom. The predicted molar refractivity (Wildman–Crippen MR) is 56.6 cm³/mol. The van der Waals surface area contributed by atoms with Crippen molar-refractivity contribution < 1.29 is 9.76 Å². The highest BCUT2D eigenvalue weighted by molar-refractivity contribution is 6.39. The molecule has 13 heavy (non-hydrogen) atoms. The van der Waals surface area contributed by atoms with Gasteiger partial charge in [-0.1, -0.05) is 18.1 Å². The molecule has 0 aromatic rings. The van der Waals surface area contributed by atoms with E-state index in [1.165, 1.54) is 7.48 Å². The van der Waals surface area contributed by atoms with E-state index in [4.69, 9.17) is 4.65 Å². The molecule has 0 aromatic carbocycles. The van der Waals surface area contributed by atoms with Crippen molar-refractivity contribution in [2.75, 3.05) is 0 Å². The minimum atomic E-state index is -0.898. The van der Waals surface area contributed by atoms with E-state index in [-0.39, 0.29) is 0 Å². The minimum Gasteiger partial charge on any atom is -0.427 e. The maximum atomic E-state index is 9.73. The van der Waals surface area contributed by atoms with Gasteiger partial charge in [0.05, 0.1) is 11.2 Å². The van der Waals surface area contributed by atoms with Gasteiger partial charge in [-0.3, -0.25) is 0 Å². The second-order valence-corrected chi connectivity index (χ2v) is 4.08. The van der Waals surface area contributed by atoms with E-state index in [9.17, 15) is 5.11 Å². The van der Waals surface area contributed by atoms with Gasteiger partial charge in [-0.25, -0.2) is 0 Å². The van der Waals surface area contributed by atoms with Gasteiger partial charge >= 0.3 is 7.48 Å². The lowest BCUT2D eigenvalue weighted by Gasteiger charge is -2.37.